The van der Waals surface area contributed by atoms with Crippen LogP contribution in [0.3, 0.4) is 0 Å². The molecule has 1 fully saturated rings. The molecule has 1 saturated heterocycles. The number of hydrogen-bond acceptors (Lipinski definition) is 6. The number of piperidine rings is 1. The molecule has 0 radical (unpaired) electrons. The molecule has 7 heteroatoms. The molecule has 6 rings (SSSR count). The first-order valence-corrected chi connectivity index (χ1v) is 10.7. The van der Waals surface area contributed by atoms with E-state index in [2.05, 4.69) is 61.9 Å². The molecule has 31 heavy (non-hydrogen) atoms. The maximum absolute atomic E-state index is 6.32. The van der Waals surface area contributed by atoms with Gasteiger partial charge in [-0.15, -0.1) is 10.2 Å². The second kappa shape index (κ2) is 7.67. The molecule has 1 atom stereocenters. The number of furan rings is 1. The maximum atomic E-state index is 6.32. The fourth-order valence-electron chi connectivity index (χ4n) is 5.01. The zero-order valence-electron chi connectivity index (χ0n) is 17.1. The lowest BCUT2D eigenvalue weighted by molar-refractivity contribution is 0.166. The predicted octanol–water partition coefficient (Wildman–Crippen LogP) is 4.61. The van der Waals surface area contributed by atoms with Gasteiger partial charge in [-0.1, -0.05) is 30.3 Å². The Morgan fingerprint density at radius 1 is 1.00 bits per heavy atom. The molecule has 1 unspecified atom stereocenters. The van der Waals surface area contributed by atoms with E-state index in [1.165, 1.54) is 16.7 Å². The van der Waals surface area contributed by atoms with Crippen molar-refractivity contribution in [3.63, 3.8) is 0 Å². The van der Waals surface area contributed by atoms with E-state index in [1.54, 1.807) is 6.26 Å². The van der Waals surface area contributed by atoms with Crippen LogP contribution >= 0.6 is 0 Å². The number of likely N-dealkylation sites (tertiary alicyclic amines) is 1. The zero-order chi connectivity index (χ0) is 20.6. The lowest BCUT2D eigenvalue weighted by Gasteiger charge is -2.39. The average molecular weight is 413 g/mol. The number of nitrogens with one attached hydrogen (secondary N) is 1. The van der Waals surface area contributed by atoms with Gasteiger partial charge in [0.05, 0.1) is 12.5 Å². The molecule has 2 aliphatic rings. The Hall–Kier alpha value is -3.45. The highest BCUT2D eigenvalue weighted by atomic mass is 16.5. The first-order chi connectivity index (χ1) is 15.3. The van der Waals surface area contributed by atoms with Gasteiger partial charge in [-0.05, 0) is 55.3 Å². The number of aromatic amines is 1. The highest BCUT2D eigenvalue weighted by molar-refractivity contribution is 5.63. The highest BCUT2D eigenvalue weighted by Crippen LogP contribution is 2.50. The smallest absolute Gasteiger partial charge is 0.204 e. The van der Waals surface area contributed by atoms with Crippen LogP contribution in [-0.2, 0) is 6.54 Å². The van der Waals surface area contributed by atoms with Gasteiger partial charge in [-0.3, -0.25) is 4.90 Å². The summed E-state index contributed by atoms with van der Waals surface area (Å²) in [6, 6.07) is 16.8. The van der Waals surface area contributed by atoms with E-state index in [1.807, 2.05) is 18.4 Å². The Labute approximate surface area is 180 Å². The fourth-order valence-corrected chi connectivity index (χ4v) is 5.01. The molecule has 7 nitrogen and oxygen atoms in total. The molecule has 0 aliphatic carbocycles. The number of para-hydroxylation sites is 1. The number of benzene rings is 2. The normalized spacial score (nSPS) is 18.9. The second-order valence-corrected chi connectivity index (χ2v) is 8.35. The molecule has 1 N–H and O–H groups in total. The zero-order valence-corrected chi connectivity index (χ0v) is 17.1. The van der Waals surface area contributed by atoms with Crippen LogP contribution in [0, 0.1) is 5.92 Å². The second-order valence-electron chi connectivity index (χ2n) is 8.35. The maximum Gasteiger partial charge on any atom is 0.204 e. The third kappa shape index (κ3) is 3.41. The number of H-pyrrole nitrogens is 1. The van der Waals surface area contributed by atoms with Gasteiger partial charge in [-0.2, -0.15) is 5.21 Å². The highest BCUT2D eigenvalue weighted by Gasteiger charge is 2.35. The molecule has 4 heterocycles. The van der Waals surface area contributed by atoms with Crippen LogP contribution in [0.4, 0.5) is 0 Å². The van der Waals surface area contributed by atoms with Gasteiger partial charge >= 0.3 is 0 Å². The molecule has 0 amide bonds. The largest absolute Gasteiger partial charge is 0.472 e. The lowest BCUT2D eigenvalue weighted by Crippen LogP contribution is -2.35. The van der Waals surface area contributed by atoms with E-state index >= 15 is 0 Å². The monoisotopic (exact) mass is 413 g/mol. The van der Waals surface area contributed by atoms with Gasteiger partial charge in [0.25, 0.3) is 0 Å². The van der Waals surface area contributed by atoms with Crippen molar-refractivity contribution in [2.75, 3.05) is 13.1 Å². The van der Waals surface area contributed by atoms with Gasteiger partial charge in [0.1, 0.15) is 11.5 Å². The molecule has 2 aromatic carbocycles. The van der Waals surface area contributed by atoms with Crippen LogP contribution in [0.25, 0.3) is 11.4 Å². The molecule has 0 bridgehead atoms. The standard InChI is InChI=1S/C24H23N5O2/c1-2-4-21-19(3-1)23(17-7-10-29(11-8-17)14-16-9-12-30-15-16)20-6-5-18(13-22(20)31-21)24-25-27-28-26-24/h1-6,9,12-13,15,17,23H,7-8,10-11,14H2,(H,25,26,27,28). The van der Waals surface area contributed by atoms with E-state index in [9.17, 15) is 0 Å². The van der Waals surface area contributed by atoms with Crippen LogP contribution in [-0.4, -0.2) is 38.6 Å². The van der Waals surface area contributed by atoms with E-state index < -0.39 is 0 Å². The summed E-state index contributed by atoms with van der Waals surface area (Å²) < 4.78 is 11.6. The van der Waals surface area contributed by atoms with Gasteiger partial charge in [0.15, 0.2) is 0 Å². The molecule has 4 aromatic rings. The summed E-state index contributed by atoms with van der Waals surface area (Å²) in [7, 11) is 0. The predicted molar refractivity (Wildman–Crippen MR) is 115 cm³/mol. The topological polar surface area (TPSA) is 80.1 Å². The molecule has 0 saturated carbocycles. The minimum Gasteiger partial charge on any atom is -0.472 e. The average Bonchev–Trinajstić information content (AvgIpc) is 3.52. The number of tetrazole rings is 1. The first-order valence-electron chi connectivity index (χ1n) is 10.7. The van der Waals surface area contributed by atoms with Gasteiger partial charge in [0.2, 0.25) is 5.82 Å². The number of rotatable bonds is 4. The number of hydrogen-bond donors (Lipinski definition) is 1. The first kappa shape index (κ1) is 18.3. The van der Waals surface area contributed by atoms with Crippen LogP contribution in [0.1, 0.15) is 35.4 Å². The summed E-state index contributed by atoms with van der Waals surface area (Å²) in [5.41, 5.74) is 4.68. The van der Waals surface area contributed by atoms with Crippen molar-refractivity contribution in [1.82, 2.24) is 25.5 Å². The van der Waals surface area contributed by atoms with Crippen molar-refractivity contribution in [2.45, 2.75) is 25.3 Å². The molecule has 156 valence electrons. The lowest BCUT2D eigenvalue weighted by atomic mass is 9.74. The van der Waals surface area contributed by atoms with Crippen LogP contribution < -0.4 is 4.74 Å². The van der Waals surface area contributed by atoms with Gasteiger partial charge in [-0.25, -0.2) is 0 Å². The SMILES string of the molecule is c1ccc2c(c1)Oc1cc(-c3nn[nH]n3)ccc1C2C1CCN(Cc2ccoc2)CC1. The Balaban J connectivity index is 1.29. The molecular formula is C24H23N5O2. The van der Waals surface area contributed by atoms with Crippen molar-refractivity contribution in [3.05, 3.63) is 77.7 Å². The van der Waals surface area contributed by atoms with Crippen LogP contribution in [0.15, 0.2) is 65.5 Å². The third-order valence-corrected chi connectivity index (χ3v) is 6.52. The Kier molecular flexibility index (Phi) is 4.53. The Morgan fingerprint density at radius 3 is 2.68 bits per heavy atom. The number of fused-ring (bicyclic) bond motifs is 2. The number of aromatic nitrogens is 4. The minimum absolute atomic E-state index is 0.329. The molecule has 2 aromatic heterocycles. The quantitative estimate of drug-likeness (QED) is 0.526. The van der Waals surface area contributed by atoms with Crippen molar-refractivity contribution >= 4 is 0 Å². The van der Waals surface area contributed by atoms with E-state index in [0.29, 0.717) is 17.7 Å². The van der Waals surface area contributed by atoms with Crippen molar-refractivity contribution < 1.29 is 9.15 Å². The Bertz CT molecular complexity index is 1160. The molecular weight excluding hydrogens is 390 g/mol. The fraction of sp³-hybridized carbons (Fsp3) is 0.292. The summed E-state index contributed by atoms with van der Waals surface area (Å²) in [6.07, 6.45) is 5.91. The Morgan fingerprint density at radius 2 is 1.87 bits per heavy atom. The minimum atomic E-state index is 0.329. The van der Waals surface area contributed by atoms with Crippen molar-refractivity contribution in [3.8, 4) is 22.9 Å². The van der Waals surface area contributed by atoms with E-state index in [4.69, 9.17) is 9.15 Å². The van der Waals surface area contributed by atoms with Crippen molar-refractivity contribution in [2.24, 2.45) is 5.92 Å². The van der Waals surface area contributed by atoms with E-state index in [0.717, 1.165) is 49.5 Å². The molecule has 0 spiro atoms. The van der Waals surface area contributed by atoms with E-state index in [-0.39, 0.29) is 0 Å². The van der Waals surface area contributed by atoms with Crippen LogP contribution in [0.5, 0.6) is 11.5 Å². The van der Waals surface area contributed by atoms with Gasteiger partial charge < -0.3 is 9.15 Å². The summed E-state index contributed by atoms with van der Waals surface area (Å²) in [6.45, 7) is 3.13. The van der Waals surface area contributed by atoms with Crippen LogP contribution in [0.2, 0.25) is 0 Å². The third-order valence-electron chi connectivity index (χ3n) is 6.52. The van der Waals surface area contributed by atoms with Crippen molar-refractivity contribution in [1.29, 1.82) is 0 Å². The summed E-state index contributed by atoms with van der Waals surface area (Å²) in [5.74, 6) is 3.32. The summed E-state index contributed by atoms with van der Waals surface area (Å²) >= 11 is 0. The summed E-state index contributed by atoms with van der Waals surface area (Å²) in [4.78, 5) is 2.52. The molecule has 2 aliphatic heterocycles. The number of ether oxygens (including phenoxy) is 1. The van der Waals surface area contributed by atoms with Gasteiger partial charge in [0, 0.05) is 34.7 Å². The summed E-state index contributed by atoms with van der Waals surface area (Å²) in [5, 5.41) is 14.4. The number of nitrogens with zero attached hydrogens (tertiary/aromatic N) is 4.